The molecular formula is C13H16ClFN2O. The minimum Gasteiger partial charge on any atom is -0.377 e. The predicted octanol–water partition coefficient (Wildman–Crippen LogP) is 3.34. The lowest BCUT2D eigenvalue weighted by atomic mass is 10.3. The Morgan fingerprint density at radius 3 is 2.94 bits per heavy atom. The molecule has 1 aromatic heterocycles. The van der Waals surface area contributed by atoms with E-state index in [0.29, 0.717) is 24.5 Å². The van der Waals surface area contributed by atoms with E-state index in [4.69, 9.17) is 16.3 Å². The zero-order valence-electron chi connectivity index (χ0n) is 10.5. The van der Waals surface area contributed by atoms with E-state index >= 15 is 0 Å². The molecule has 3 nitrogen and oxygen atoms in total. The summed E-state index contributed by atoms with van der Waals surface area (Å²) in [6.45, 7) is 5.29. The SMILES string of the molecule is CCOC(C)Cn1c(CCl)nc2cc(F)ccc21. The number of aromatic nitrogens is 2. The molecule has 98 valence electrons. The van der Waals surface area contributed by atoms with E-state index in [-0.39, 0.29) is 11.9 Å². The summed E-state index contributed by atoms with van der Waals surface area (Å²) in [6.07, 6.45) is 0.0689. The van der Waals surface area contributed by atoms with E-state index in [9.17, 15) is 4.39 Å². The molecule has 0 aliphatic rings. The average molecular weight is 271 g/mol. The normalized spacial score (nSPS) is 13.1. The minimum atomic E-state index is -0.286. The Bertz CT molecular complexity index is 541. The van der Waals surface area contributed by atoms with Crippen molar-refractivity contribution in [1.29, 1.82) is 0 Å². The highest BCUT2D eigenvalue weighted by atomic mass is 35.5. The number of ether oxygens (including phenoxy) is 1. The maximum atomic E-state index is 13.2. The number of rotatable bonds is 5. The molecule has 0 bridgehead atoms. The molecule has 0 amide bonds. The zero-order valence-corrected chi connectivity index (χ0v) is 11.2. The second-order valence-corrected chi connectivity index (χ2v) is 4.44. The Morgan fingerprint density at radius 2 is 2.28 bits per heavy atom. The first kappa shape index (κ1) is 13.3. The fourth-order valence-electron chi connectivity index (χ4n) is 2.05. The van der Waals surface area contributed by atoms with Gasteiger partial charge in [-0.2, -0.15) is 0 Å². The molecule has 0 fully saturated rings. The van der Waals surface area contributed by atoms with E-state index in [0.717, 1.165) is 11.3 Å². The van der Waals surface area contributed by atoms with Gasteiger partial charge in [0, 0.05) is 12.7 Å². The van der Waals surface area contributed by atoms with E-state index in [1.807, 2.05) is 18.4 Å². The number of halogens is 2. The minimum absolute atomic E-state index is 0.0689. The summed E-state index contributed by atoms with van der Waals surface area (Å²) in [5, 5.41) is 0. The smallest absolute Gasteiger partial charge is 0.125 e. The van der Waals surface area contributed by atoms with Crippen LogP contribution in [0.5, 0.6) is 0 Å². The van der Waals surface area contributed by atoms with Crippen LogP contribution in [-0.2, 0) is 17.2 Å². The molecule has 1 aromatic carbocycles. The fourth-order valence-corrected chi connectivity index (χ4v) is 2.26. The Kier molecular flexibility index (Phi) is 4.19. The molecule has 0 saturated heterocycles. The average Bonchev–Trinajstić information content (AvgIpc) is 2.66. The number of hydrogen-bond donors (Lipinski definition) is 0. The summed E-state index contributed by atoms with van der Waals surface area (Å²) in [6, 6.07) is 4.59. The Morgan fingerprint density at radius 1 is 1.50 bits per heavy atom. The molecule has 0 saturated carbocycles. The molecule has 1 heterocycles. The molecule has 18 heavy (non-hydrogen) atoms. The maximum Gasteiger partial charge on any atom is 0.125 e. The summed E-state index contributed by atoms with van der Waals surface area (Å²) >= 11 is 5.89. The van der Waals surface area contributed by atoms with Gasteiger partial charge in [0.2, 0.25) is 0 Å². The summed E-state index contributed by atoms with van der Waals surface area (Å²) in [7, 11) is 0. The van der Waals surface area contributed by atoms with Gasteiger partial charge in [-0.1, -0.05) is 0 Å². The number of nitrogens with zero attached hydrogens (tertiary/aromatic N) is 2. The van der Waals surface area contributed by atoms with Crippen LogP contribution in [-0.4, -0.2) is 22.3 Å². The van der Waals surface area contributed by atoms with Gasteiger partial charge in [0.15, 0.2) is 0 Å². The first-order valence-corrected chi connectivity index (χ1v) is 6.51. The van der Waals surface area contributed by atoms with E-state index in [1.165, 1.54) is 12.1 Å². The number of fused-ring (bicyclic) bond motifs is 1. The molecule has 0 aliphatic carbocycles. The lowest BCUT2D eigenvalue weighted by molar-refractivity contribution is 0.0643. The van der Waals surface area contributed by atoms with Gasteiger partial charge in [0.1, 0.15) is 11.6 Å². The lowest BCUT2D eigenvalue weighted by Crippen LogP contribution is -2.17. The van der Waals surface area contributed by atoms with Crippen LogP contribution in [0.1, 0.15) is 19.7 Å². The van der Waals surface area contributed by atoms with Crippen molar-refractivity contribution in [3.8, 4) is 0 Å². The quantitative estimate of drug-likeness (QED) is 0.779. The van der Waals surface area contributed by atoms with Gasteiger partial charge in [-0.05, 0) is 26.0 Å². The first-order valence-electron chi connectivity index (χ1n) is 5.98. The largest absolute Gasteiger partial charge is 0.377 e. The van der Waals surface area contributed by atoms with Crippen LogP contribution >= 0.6 is 11.6 Å². The Balaban J connectivity index is 2.40. The molecule has 0 radical (unpaired) electrons. The van der Waals surface area contributed by atoms with E-state index < -0.39 is 0 Å². The predicted molar refractivity (Wildman–Crippen MR) is 70.3 cm³/mol. The van der Waals surface area contributed by atoms with Crippen LogP contribution in [0.2, 0.25) is 0 Å². The molecule has 2 rings (SSSR count). The van der Waals surface area contributed by atoms with Gasteiger partial charge >= 0.3 is 0 Å². The highest BCUT2D eigenvalue weighted by molar-refractivity contribution is 6.16. The monoisotopic (exact) mass is 270 g/mol. The summed E-state index contributed by atoms with van der Waals surface area (Å²) < 4.78 is 20.7. The molecular weight excluding hydrogens is 255 g/mol. The van der Waals surface area contributed by atoms with Crippen molar-refractivity contribution in [2.24, 2.45) is 0 Å². The van der Waals surface area contributed by atoms with Crippen molar-refractivity contribution in [3.63, 3.8) is 0 Å². The van der Waals surface area contributed by atoms with Crippen LogP contribution in [0.15, 0.2) is 18.2 Å². The van der Waals surface area contributed by atoms with Crippen molar-refractivity contribution >= 4 is 22.6 Å². The molecule has 0 N–H and O–H groups in total. The van der Waals surface area contributed by atoms with Crippen molar-refractivity contribution in [2.45, 2.75) is 32.4 Å². The third-order valence-electron chi connectivity index (χ3n) is 2.80. The van der Waals surface area contributed by atoms with Crippen molar-refractivity contribution in [3.05, 3.63) is 29.8 Å². The van der Waals surface area contributed by atoms with Crippen LogP contribution in [0.4, 0.5) is 4.39 Å². The number of hydrogen-bond acceptors (Lipinski definition) is 2. The second-order valence-electron chi connectivity index (χ2n) is 4.17. The number of imidazole rings is 1. The molecule has 1 atom stereocenters. The molecule has 2 aromatic rings. The zero-order chi connectivity index (χ0) is 13.1. The van der Waals surface area contributed by atoms with E-state index in [2.05, 4.69) is 4.98 Å². The van der Waals surface area contributed by atoms with E-state index in [1.54, 1.807) is 6.07 Å². The molecule has 0 aliphatic heterocycles. The Labute approximate surface area is 111 Å². The highest BCUT2D eigenvalue weighted by Crippen LogP contribution is 2.19. The van der Waals surface area contributed by atoms with Crippen molar-refractivity contribution in [2.75, 3.05) is 6.61 Å². The number of alkyl halides is 1. The summed E-state index contributed by atoms with van der Waals surface area (Å²) in [5.41, 5.74) is 1.52. The van der Waals surface area contributed by atoms with Gasteiger partial charge in [0.25, 0.3) is 0 Å². The third kappa shape index (κ3) is 2.65. The third-order valence-corrected chi connectivity index (χ3v) is 3.04. The van der Waals surface area contributed by atoms with Crippen LogP contribution in [0, 0.1) is 5.82 Å². The van der Waals surface area contributed by atoms with Gasteiger partial charge in [0.05, 0.1) is 29.6 Å². The molecule has 0 spiro atoms. The maximum absolute atomic E-state index is 13.2. The first-order chi connectivity index (χ1) is 8.65. The van der Waals surface area contributed by atoms with Crippen LogP contribution in [0.25, 0.3) is 11.0 Å². The van der Waals surface area contributed by atoms with Crippen LogP contribution < -0.4 is 0 Å². The molecule has 1 unspecified atom stereocenters. The van der Waals surface area contributed by atoms with Gasteiger partial charge in [-0.25, -0.2) is 9.37 Å². The topological polar surface area (TPSA) is 27.1 Å². The second kappa shape index (κ2) is 5.67. The van der Waals surface area contributed by atoms with Crippen LogP contribution in [0.3, 0.4) is 0 Å². The fraction of sp³-hybridized carbons (Fsp3) is 0.462. The van der Waals surface area contributed by atoms with Crippen molar-refractivity contribution in [1.82, 2.24) is 9.55 Å². The molecule has 5 heteroatoms. The van der Waals surface area contributed by atoms with Gasteiger partial charge < -0.3 is 9.30 Å². The highest BCUT2D eigenvalue weighted by Gasteiger charge is 2.13. The van der Waals surface area contributed by atoms with Gasteiger partial charge in [-0.15, -0.1) is 11.6 Å². The van der Waals surface area contributed by atoms with Crippen molar-refractivity contribution < 1.29 is 9.13 Å². The number of benzene rings is 1. The lowest BCUT2D eigenvalue weighted by Gasteiger charge is -2.14. The Hall–Kier alpha value is -1.13. The summed E-state index contributed by atoms with van der Waals surface area (Å²) in [5.74, 6) is 0.754. The summed E-state index contributed by atoms with van der Waals surface area (Å²) in [4.78, 5) is 4.34. The standard InChI is InChI=1S/C13H16ClFN2O/c1-3-18-9(2)8-17-12-5-4-10(15)6-11(12)16-13(17)7-14/h4-6,9H,3,7-8H2,1-2H3. The van der Waals surface area contributed by atoms with Gasteiger partial charge in [-0.3, -0.25) is 0 Å².